The summed E-state index contributed by atoms with van der Waals surface area (Å²) in [6.07, 6.45) is 0.0857. The van der Waals surface area contributed by atoms with Crippen molar-refractivity contribution in [2.24, 2.45) is 0 Å². The molecule has 0 fully saturated rings. The van der Waals surface area contributed by atoms with Gasteiger partial charge in [-0.25, -0.2) is 9.59 Å². The van der Waals surface area contributed by atoms with Gasteiger partial charge in [0.25, 0.3) is 5.97 Å². The summed E-state index contributed by atoms with van der Waals surface area (Å²) in [7, 11) is 0. The number of aliphatic hydroxyl groups is 1. The molecule has 2 amide bonds. The number of aliphatic hydroxyl groups excluding tert-OH is 1. The Morgan fingerprint density at radius 3 is 1.69 bits per heavy atom. The van der Waals surface area contributed by atoms with Gasteiger partial charge in [0.1, 0.15) is 17.0 Å². The highest BCUT2D eigenvalue weighted by Gasteiger charge is 2.37. The quantitative estimate of drug-likeness (QED) is 0.215. The van der Waals surface area contributed by atoms with E-state index in [-0.39, 0.29) is 30.9 Å². The van der Waals surface area contributed by atoms with Crippen LogP contribution in [0.25, 0.3) is 0 Å². The van der Waals surface area contributed by atoms with Crippen molar-refractivity contribution < 1.29 is 38.9 Å². The van der Waals surface area contributed by atoms with Gasteiger partial charge in [-0.15, -0.1) is 0 Å². The maximum absolute atomic E-state index is 12.7. The highest BCUT2D eigenvalue weighted by Crippen LogP contribution is 2.34. The number of rotatable bonds is 3. The fraction of sp³-hybridized carbons (Fsp3) is 0.500. The minimum absolute atomic E-state index is 0.162. The van der Waals surface area contributed by atoms with Crippen molar-refractivity contribution >= 4 is 29.8 Å². The molecule has 2 aliphatic heterocycles. The number of nitrogens with zero attached hydrogens (tertiary/aromatic N) is 4. The van der Waals surface area contributed by atoms with E-state index in [1.807, 2.05) is 83.2 Å². The number of Topliss-reactive ketones (excluding diaryl/α,β-unsaturated/α-hetero) is 1. The van der Waals surface area contributed by atoms with Crippen LogP contribution < -0.4 is 5.73 Å². The minimum Gasteiger partial charge on any atom is -0.481 e. The van der Waals surface area contributed by atoms with Gasteiger partial charge in [0, 0.05) is 32.6 Å². The first-order chi connectivity index (χ1) is 25.3. The first-order valence-electron chi connectivity index (χ1n) is 17.9. The second-order valence-corrected chi connectivity index (χ2v) is 14.1. The van der Waals surface area contributed by atoms with E-state index >= 15 is 0 Å². The van der Waals surface area contributed by atoms with Gasteiger partial charge in [0.15, 0.2) is 5.78 Å². The number of fused-ring (bicyclic) bond motifs is 2. The Balaban J connectivity index is 0.000000444. The van der Waals surface area contributed by atoms with Gasteiger partial charge < -0.3 is 25.4 Å². The lowest BCUT2D eigenvalue weighted by Gasteiger charge is -2.37. The number of anilines is 1. The number of nitrogens with two attached hydrogens (primary N) is 1. The summed E-state index contributed by atoms with van der Waals surface area (Å²) in [5.74, 6) is -0.661. The van der Waals surface area contributed by atoms with Crippen molar-refractivity contribution in [2.75, 3.05) is 12.3 Å². The number of carboxylic acids is 1. The Labute approximate surface area is 319 Å². The minimum atomic E-state index is -0.833. The first-order valence-corrected chi connectivity index (χ1v) is 17.9. The summed E-state index contributed by atoms with van der Waals surface area (Å²) in [4.78, 5) is 49.5. The molecule has 5 N–H and O–H groups in total. The Morgan fingerprint density at radius 1 is 0.870 bits per heavy atom. The predicted octanol–water partition coefficient (Wildman–Crippen LogP) is 6.97. The highest BCUT2D eigenvalue weighted by atomic mass is 16.6. The molecule has 296 valence electrons. The number of ether oxygens (including phenoxy) is 2. The number of carbonyl (C=O) groups is 4. The van der Waals surface area contributed by atoms with Gasteiger partial charge in [-0.3, -0.25) is 24.5 Å². The van der Waals surface area contributed by atoms with Crippen molar-refractivity contribution in [1.29, 1.82) is 5.26 Å². The average molecular weight is 751 g/mol. The molecule has 54 heavy (non-hydrogen) atoms. The molecular weight excluding hydrogens is 692 g/mol. The second-order valence-electron chi connectivity index (χ2n) is 14.1. The number of nitrogen functional groups attached to an aromatic ring is 1. The number of hydrogen-bond donors (Lipinski definition) is 4. The topological polar surface area (TPSA) is 212 Å². The number of benzene rings is 2. The Hall–Kier alpha value is -5.42. The number of carboxylic acid groups (broad SMARTS) is 1. The van der Waals surface area contributed by atoms with Crippen molar-refractivity contribution in [3.05, 3.63) is 82.5 Å². The van der Waals surface area contributed by atoms with Crippen LogP contribution in [-0.2, 0) is 45.0 Å². The monoisotopic (exact) mass is 750 g/mol. The zero-order valence-electron chi connectivity index (χ0n) is 33.3. The molecule has 0 saturated carbocycles. The van der Waals surface area contributed by atoms with E-state index in [1.165, 1.54) is 10.5 Å². The molecule has 0 bridgehead atoms. The molecule has 3 heterocycles. The second kappa shape index (κ2) is 21.9. The summed E-state index contributed by atoms with van der Waals surface area (Å²) < 4.78 is 11.0. The highest BCUT2D eigenvalue weighted by molar-refractivity contribution is 5.89. The lowest BCUT2D eigenvalue weighted by atomic mass is 9.91. The molecule has 0 spiro atoms. The summed E-state index contributed by atoms with van der Waals surface area (Å²) in [6.45, 7) is 18.8. The smallest absolute Gasteiger partial charge is 0.411 e. The number of hydrogen-bond acceptors (Lipinski definition) is 10. The van der Waals surface area contributed by atoms with Crippen molar-refractivity contribution in [2.45, 2.75) is 125 Å². The van der Waals surface area contributed by atoms with E-state index in [4.69, 9.17) is 35.5 Å². The first kappa shape index (κ1) is 46.6. The van der Waals surface area contributed by atoms with Crippen LogP contribution in [0.1, 0.15) is 110 Å². The van der Waals surface area contributed by atoms with Crippen molar-refractivity contribution in [3.63, 3.8) is 0 Å². The number of nitrogens with one attached hydrogen (secondary N) is 1. The third-order valence-electron chi connectivity index (χ3n) is 7.35. The Kier molecular flexibility index (Phi) is 18.9. The third-order valence-corrected chi connectivity index (χ3v) is 7.35. The summed E-state index contributed by atoms with van der Waals surface area (Å²) in [5, 5.41) is 30.7. The molecule has 1 aromatic heterocycles. The zero-order valence-corrected chi connectivity index (χ0v) is 33.3. The fourth-order valence-corrected chi connectivity index (χ4v) is 5.36. The molecular formula is C40H58N6O8. The normalized spacial score (nSPS) is 15.5. The lowest BCUT2D eigenvalue weighted by Crippen LogP contribution is -2.50. The lowest BCUT2D eigenvalue weighted by molar-refractivity contribution is -0.134. The standard InChI is InChI=1S/C17H22N4O2.C17H20N2O3.C2H4O2.C2H6O.C2H6/c1-17(2,3)23-16(22)21-10-12-7-5-4-6-11(12)8-14(21)13-9-15(18)20-19-13;1-17(2,3)22-16(21)19-11-13-7-5-4-6-12(13)10-14(19)15(20)8-9-18;1-2(3)4;1-2-3;1-2/h4-7,9,14H,8,10H2,1-3H3,(H3,18,19,20);4-7,14H,8,10-11H2,1-3H3;1H3,(H,3,4);3H,2H2,1H3;1-2H3/t2*14-;;;/m00.../s1. The maximum atomic E-state index is 12.7. The van der Waals surface area contributed by atoms with Gasteiger partial charge in [-0.1, -0.05) is 62.4 Å². The fourth-order valence-electron chi connectivity index (χ4n) is 5.36. The number of H-pyrrole nitrogens is 1. The number of amides is 2. The molecule has 0 aliphatic carbocycles. The number of aromatic amines is 1. The van der Waals surface area contributed by atoms with Crippen LogP contribution in [-0.4, -0.2) is 78.0 Å². The van der Waals surface area contributed by atoms with Crippen LogP contribution in [0.5, 0.6) is 0 Å². The van der Waals surface area contributed by atoms with Gasteiger partial charge in [-0.2, -0.15) is 10.4 Å². The number of nitriles is 1. The number of aliphatic carboxylic acids is 1. The third kappa shape index (κ3) is 15.7. The number of ketones is 1. The van der Waals surface area contributed by atoms with Crippen LogP contribution in [0.4, 0.5) is 15.4 Å². The Bertz CT molecular complexity index is 1700. The summed E-state index contributed by atoms with van der Waals surface area (Å²) in [5.41, 5.74) is 9.80. The van der Waals surface area contributed by atoms with E-state index < -0.39 is 29.3 Å². The van der Waals surface area contributed by atoms with E-state index in [0.717, 1.165) is 29.3 Å². The van der Waals surface area contributed by atoms with Crippen LogP contribution in [0.3, 0.4) is 0 Å². The molecule has 0 unspecified atom stereocenters. The van der Waals surface area contributed by atoms with E-state index in [9.17, 15) is 14.4 Å². The van der Waals surface area contributed by atoms with Crippen LogP contribution in [0.15, 0.2) is 54.6 Å². The molecule has 3 aromatic rings. The summed E-state index contributed by atoms with van der Waals surface area (Å²) >= 11 is 0. The van der Waals surface area contributed by atoms with Crippen LogP contribution in [0.2, 0.25) is 0 Å². The molecule has 0 radical (unpaired) electrons. The number of carbonyl (C=O) groups excluding carboxylic acids is 3. The maximum Gasteiger partial charge on any atom is 0.411 e. The molecule has 5 rings (SSSR count). The molecule has 0 saturated heterocycles. The largest absolute Gasteiger partial charge is 0.481 e. The summed E-state index contributed by atoms with van der Waals surface area (Å²) in [6, 6.07) is 18.7. The predicted molar refractivity (Wildman–Crippen MR) is 206 cm³/mol. The van der Waals surface area contributed by atoms with Crippen molar-refractivity contribution in [1.82, 2.24) is 20.0 Å². The average Bonchev–Trinajstić information content (AvgIpc) is 3.53. The molecule has 14 heteroatoms. The van der Waals surface area contributed by atoms with Crippen LogP contribution in [0, 0.1) is 11.3 Å². The molecule has 2 atom stereocenters. The number of aromatic nitrogens is 2. The van der Waals surface area contributed by atoms with Gasteiger partial charge in [0.05, 0.1) is 36.8 Å². The van der Waals surface area contributed by atoms with Crippen LogP contribution >= 0.6 is 0 Å². The zero-order chi connectivity index (χ0) is 41.2. The molecule has 2 aliphatic rings. The van der Waals surface area contributed by atoms with Crippen molar-refractivity contribution in [3.8, 4) is 6.07 Å². The molecule has 2 aromatic carbocycles. The van der Waals surface area contributed by atoms with E-state index in [2.05, 4.69) is 16.3 Å². The Morgan fingerprint density at radius 2 is 1.28 bits per heavy atom. The van der Waals surface area contributed by atoms with E-state index in [1.54, 1.807) is 38.7 Å². The van der Waals surface area contributed by atoms with Gasteiger partial charge in [-0.05, 0) is 77.1 Å². The van der Waals surface area contributed by atoms with Gasteiger partial charge in [0.2, 0.25) is 0 Å². The molecule has 14 nitrogen and oxygen atoms in total. The van der Waals surface area contributed by atoms with E-state index in [0.29, 0.717) is 31.7 Å². The van der Waals surface area contributed by atoms with Gasteiger partial charge >= 0.3 is 12.2 Å². The SMILES string of the molecule is CC.CC(=O)O.CC(C)(C)OC(=O)N1Cc2ccccc2C[C@H]1C(=O)CC#N.CC(C)(C)OC(=O)N1Cc2ccccc2C[C@H]1c1cc(N)n[nH]1.CCO.